The van der Waals surface area contributed by atoms with Crippen LogP contribution in [0.3, 0.4) is 0 Å². The largest absolute Gasteiger partial charge is 0.378 e. The average Bonchev–Trinajstić information content (AvgIpc) is 2.47. The lowest BCUT2D eigenvalue weighted by atomic mass is 10.1. The maximum absolute atomic E-state index is 12.3. The molecular weight excluding hydrogens is 254 g/mol. The number of nitrogens with zero attached hydrogens (tertiary/aromatic N) is 2. The summed E-state index contributed by atoms with van der Waals surface area (Å²) in [6.07, 6.45) is 0. The topological polar surface area (TPSA) is 65.4 Å². The van der Waals surface area contributed by atoms with Gasteiger partial charge in [0, 0.05) is 13.1 Å². The highest BCUT2D eigenvalue weighted by atomic mass is 16.5. The molecule has 106 valence electrons. The third-order valence-corrected chi connectivity index (χ3v) is 3.36. The number of hydrogen-bond donors (Lipinski definition) is 1. The van der Waals surface area contributed by atoms with Gasteiger partial charge in [-0.15, -0.1) is 0 Å². The number of nitriles is 1. The predicted octanol–water partition coefficient (Wildman–Crippen LogP) is 1.53. The summed E-state index contributed by atoms with van der Waals surface area (Å²) in [5.41, 5.74) is 2.32. The summed E-state index contributed by atoms with van der Waals surface area (Å²) < 4.78 is 5.24. The first-order valence-electron chi connectivity index (χ1n) is 6.75. The molecule has 0 aliphatic carbocycles. The Labute approximate surface area is 119 Å². The Hall–Kier alpha value is -2.06. The molecule has 5 heteroatoms. The van der Waals surface area contributed by atoms with Crippen LogP contribution in [0.5, 0.6) is 0 Å². The summed E-state index contributed by atoms with van der Waals surface area (Å²) >= 11 is 0. The van der Waals surface area contributed by atoms with E-state index in [1.54, 1.807) is 11.0 Å². The van der Waals surface area contributed by atoms with E-state index in [1.165, 1.54) is 0 Å². The number of ether oxygens (including phenoxy) is 1. The van der Waals surface area contributed by atoms with Crippen LogP contribution in [0.25, 0.3) is 0 Å². The molecule has 1 atom stereocenters. The molecule has 1 aliphatic heterocycles. The molecule has 1 unspecified atom stereocenters. The molecule has 1 aliphatic rings. The summed E-state index contributed by atoms with van der Waals surface area (Å²) in [4.78, 5) is 14.1. The fraction of sp³-hybridized carbons (Fsp3) is 0.467. The van der Waals surface area contributed by atoms with Gasteiger partial charge in [0.05, 0.1) is 24.5 Å². The predicted molar refractivity (Wildman–Crippen MR) is 76.4 cm³/mol. The van der Waals surface area contributed by atoms with E-state index in [9.17, 15) is 4.79 Å². The first kappa shape index (κ1) is 14.4. The highest BCUT2D eigenvalue weighted by molar-refractivity contribution is 5.85. The average molecular weight is 273 g/mol. The van der Waals surface area contributed by atoms with Crippen molar-refractivity contribution in [2.75, 3.05) is 31.6 Å². The summed E-state index contributed by atoms with van der Waals surface area (Å²) in [5.74, 6) is 0.0405. The van der Waals surface area contributed by atoms with Gasteiger partial charge in [0.1, 0.15) is 12.1 Å². The van der Waals surface area contributed by atoms with E-state index >= 15 is 0 Å². The smallest absolute Gasteiger partial charge is 0.244 e. The Morgan fingerprint density at radius 1 is 1.45 bits per heavy atom. The minimum atomic E-state index is -0.359. The van der Waals surface area contributed by atoms with Crippen LogP contribution >= 0.6 is 0 Å². The van der Waals surface area contributed by atoms with Crippen molar-refractivity contribution in [1.82, 2.24) is 4.90 Å². The van der Waals surface area contributed by atoms with Crippen LogP contribution in [-0.2, 0) is 9.53 Å². The first-order valence-corrected chi connectivity index (χ1v) is 6.75. The molecule has 1 fully saturated rings. The Morgan fingerprint density at radius 3 is 2.80 bits per heavy atom. The van der Waals surface area contributed by atoms with Crippen molar-refractivity contribution in [2.45, 2.75) is 19.9 Å². The van der Waals surface area contributed by atoms with Crippen LogP contribution < -0.4 is 5.32 Å². The van der Waals surface area contributed by atoms with Crippen molar-refractivity contribution in [3.05, 3.63) is 29.3 Å². The number of aryl methyl sites for hydroxylation is 1. The molecule has 1 amide bonds. The van der Waals surface area contributed by atoms with Gasteiger partial charge in [-0.05, 0) is 31.5 Å². The minimum absolute atomic E-state index is 0.0405. The van der Waals surface area contributed by atoms with Gasteiger partial charge in [-0.25, -0.2) is 0 Å². The van der Waals surface area contributed by atoms with Crippen molar-refractivity contribution in [2.24, 2.45) is 0 Å². The molecule has 1 saturated heterocycles. The van der Waals surface area contributed by atoms with Gasteiger partial charge in [0.25, 0.3) is 0 Å². The second-order valence-corrected chi connectivity index (χ2v) is 4.96. The van der Waals surface area contributed by atoms with Crippen molar-refractivity contribution >= 4 is 11.6 Å². The number of benzene rings is 1. The van der Waals surface area contributed by atoms with Crippen LogP contribution in [-0.4, -0.2) is 43.2 Å². The summed E-state index contributed by atoms with van der Waals surface area (Å²) in [6, 6.07) is 7.33. The van der Waals surface area contributed by atoms with E-state index < -0.39 is 0 Å². The fourth-order valence-corrected chi connectivity index (χ4v) is 2.23. The van der Waals surface area contributed by atoms with Crippen LogP contribution in [0, 0.1) is 18.3 Å². The third-order valence-electron chi connectivity index (χ3n) is 3.36. The Morgan fingerprint density at radius 2 is 2.15 bits per heavy atom. The number of carbonyl (C=O) groups is 1. The van der Waals surface area contributed by atoms with E-state index in [2.05, 4.69) is 11.4 Å². The Bertz CT molecular complexity index is 530. The monoisotopic (exact) mass is 273 g/mol. The molecule has 1 heterocycles. The molecule has 0 saturated carbocycles. The number of anilines is 1. The van der Waals surface area contributed by atoms with E-state index in [1.807, 2.05) is 26.0 Å². The summed E-state index contributed by atoms with van der Waals surface area (Å²) in [6.45, 7) is 6.22. The molecule has 1 aromatic carbocycles. The van der Waals surface area contributed by atoms with Crippen molar-refractivity contribution < 1.29 is 9.53 Å². The molecule has 0 spiro atoms. The number of hydrogen-bond acceptors (Lipinski definition) is 4. The number of rotatable bonds is 3. The lowest BCUT2D eigenvalue weighted by molar-refractivity contribution is -0.135. The van der Waals surface area contributed by atoms with Gasteiger partial charge in [-0.3, -0.25) is 4.79 Å². The zero-order valence-electron chi connectivity index (χ0n) is 11.8. The van der Waals surface area contributed by atoms with Gasteiger partial charge in [0.2, 0.25) is 5.91 Å². The normalized spacial score (nSPS) is 16.4. The molecule has 2 rings (SSSR count). The SMILES string of the molecule is Cc1ccc(C#N)c(NC(C)C(=O)N2CCOCC2)c1. The Balaban J connectivity index is 2.07. The number of carbonyl (C=O) groups excluding carboxylic acids is 1. The van der Waals surface area contributed by atoms with Gasteiger partial charge in [0.15, 0.2) is 0 Å². The zero-order chi connectivity index (χ0) is 14.5. The molecule has 20 heavy (non-hydrogen) atoms. The van der Waals surface area contributed by atoms with Crippen LogP contribution in [0.1, 0.15) is 18.1 Å². The lowest BCUT2D eigenvalue weighted by Gasteiger charge is -2.30. The minimum Gasteiger partial charge on any atom is -0.378 e. The van der Waals surface area contributed by atoms with Crippen LogP contribution in [0.2, 0.25) is 0 Å². The highest BCUT2D eigenvalue weighted by Gasteiger charge is 2.22. The second kappa shape index (κ2) is 6.40. The standard InChI is InChI=1S/C15H19N3O2/c1-11-3-4-13(10-16)14(9-11)17-12(2)15(19)18-5-7-20-8-6-18/h3-4,9,12,17H,5-8H2,1-2H3. The summed E-state index contributed by atoms with van der Waals surface area (Å²) in [5, 5.41) is 12.3. The van der Waals surface area contributed by atoms with E-state index in [4.69, 9.17) is 10.00 Å². The fourth-order valence-electron chi connectivity index (χ4n) is 2.23. The van der Waals surface area contributed by atoms with Crippen molar-refractivity contribution in [3.8, 4) is 6.07 Å². The van der Waals surface area contributed by atoms with E-state index in [0.29, 0.717) is 37.6 Å². The molecule has 1 aromatic rings. The number of amides is 1. The van der Waals surface area contributed by atoms with Crippen molar-refractivity contribution in [3.63, 3.8) is 0 Å². The summed E-state index contributed by atoms with van der Waals surface area (Å²) in [7, 11) is 0. The second-order valence-electron chi connectivity index (χ2n) is 4.96. The van der Waals surface area contributed by atoms with Crippen LogP contribution in [0.4, 0.5) is 5.69 Å². The Kier molecular flexibility index (Phi) is 4.59. The molecule has 0 aromatic heterocycles. The van der Waals surface area contributed by atoms with Gasteiger partial charge in [-0.2, -0.15) is 5.26 Å². The maximum atomic E-state index is 12.3. The molecule has 1 N–H and O–H groups in total. The molecule has 0 radical (unpaired) electrons. The maximum Gasteiger partial charge on any atom is 0.244 e. The number of morpholine rings is 1. The first-order chi connectivity index (χ1) is 9.61. The van der Waals surface area contributed by atoms with E-state index in [-0.39, 0.29) is 11.9 Å². The van der Waals surface area contributed by atoms with E-state index in [0.717, 1.165) is 5.56 Å². The quantitative estimate of drug-likeness (QED) is 0.907. The molecule has 5 nitrogen and oxygen atoms in total. The zero-order valence-corrected chi connectivity index (χ0v) is 11.8. The van der Waals surface area contributed by atoms with Gasteiger partial charge in [-0.1, -0.05) is 6.07 Å². The van der Waals surface area contributed by atoms with Gasteiger partial charge < -0.3 is 15.0 Å². The molecule has 0 bridgehead atoms. The van der Waals surface area contributed by atoms with Crippen molar-refractivity contribution in [1.29, 1.82) is 5.26 Å². The third kappa shape index (κ3) is 3.28. The number of nitrogens with one attached hydrogen (secondary N) is 1. The lowest BCUT2D eigenvalue weighted by Crippen LogP contribution is -2.47. The van der Waals surface area contributed by atoms with Crippen LogP contribution in [0.15, 0.2) is 18.2 Å². The highest BCUT2D eigenvalue weighted by Crippen LogP contribution is 2.18. The van der Waals surface area contributed by atoms with Gasteiger partial charge >= 0.3 is 0 Å². The molecular formula is C15H19N3O2.